The van der Waals surface area contributed by atoms with Crippen molar-refractivity contribution in [3.8, 4) is 0 Å². The first kappa shape index (κ1) is 24.0. The summed E-state index contributed by atoms with van der Waals surface area (Å²) in [5.41, 5.74) is -0.613. The molecule has 0 unspecified atom stereocenters. The fourth-order valence-corrected chi connectivity index (χ4v) is 8.41. The summed E-state index contributed by atoms with van der Waals surface area (Å²) >= 11 is 20.4. The van der Waals surface area contributed by atoms with Crippen LogP contribution in [0.15, 0.2) is 0 Å². The number of hydrogen-bond acceptors (Lipinski definition) is 3. The maximum atomic E-state index is 12.0. The summed E-state index contributed by atoms with van der Waals surface area (Å²) in [6.45, 7) is 0.207. The molecule has 0 aromatic rings. The lowest BCUT2D eigenvalue weighted by atomic mass is 9.98. The van der Waals surface area contributed by atoms with Crippen molar-refractivity contribution in [3.63, 3.8) is 0 Å². The predicted octanol–water partition coefficient (Wildman–Crippen LogP) is 5.46. The van der Waals surface area contributed by atoms with Gasteiger partial charge in [-0.15, -0.1) is 0 Å². The zero-order valence-electron chi connectivity index (χ0n) is 11.0. The van der Waals surface area contributed by atoms with Crippen molar-refractivity contribution in [3.05, 3.63) is 0 Å². The Labute approximate surface area is 176 Å². The van der Waals surface area contributed by atoms with Crippen molar-refractivity contribution in [2.75, 3.05) is 45.2 Å². The van der Waals surface area contributed by atoms with Gasteiger partial charge in [0.15, 0.2) is 0 Å². The van der Waals surface area contributed by atoms with Crippen LogP contribution in [-0.4, -0.2) is 50.1 Å². The molecule has 0 rings (SSSR count). The molecule has 0 saturated carbocycles. The Bertz CT molecular complexity index is 293. The van der Waals surface area contributed by atoms with Gasteiger partial charge in [0.25, 0.3) is 0 Å². The summed E-state index contributed by atoms with van der Waals surface area (Å²) in [6, 6.07) is 0. The summed E-state index contributed by atoms with van der Waals surface area (Å²) in [5, 5.41) is 3.78. The van der Waals surface area contributed by atoms with Crippen LogP contribution in [0.2, 0.25) is 0 Å². The van der Waals surface area contributed by atoms with E-state index < -0.39 is 7.82 Å². The first-order valence-corrected chi connectivity index (χ1v) is 14.0. The first-order chi connectivity index (χ1) is 9.78. The first-order valence-electron chi connectivity index (χ1n) is 5.76. The molecule has 0 saturated heterocycles. The molecule has 11 heteroatoms. The third kappa shape index (κ3) is 8.27. The van der Waals surface area contributed by atoms with Gasteiger partial charge in [0, 0.05) is 42.8 Å². The van der Waals surface area contributed by atoms with E-state index >= 15 is 0 Å². The second kappa shape index (κ2) is 11.6. The van der Waals surface area contributed by atoms with E-state index in [0.717, 1.165) is 0 Å². The fraction of sp³-hybridized carbons (Fsp3) is 1.00. The summed E-state index contributed by atoms with van der Waals surface area (Å²) in [6.07, 6.45) is 0. The highest BCUT2D eigenvalue weighted by molar-refractivity contribution is 9.10. The summed E-state index contributed by atoms with van der Waals surface area (Å²) in [4.78, 5) is 9.83. The van der Waals surface area contributed by atoms with Gasteiger partial charge in [0.2, 0.25) is 0 Å². The molecular formula is C10H17Br6O4P. The van der Waals surface area contributed by atoms with Crippen molar-refractivity contribution >= 4 is 103 Å². The zero-order valence-corrected chi connectivity index (χ0v) is 21.5. The minimum absolute atomic E-state index is 0.104. The number of hydrogen-bond donors (Lipinski definition) is 1. The summed E-state index contributed by atoms with van der Waals surface area (Å²) in [5.74, 6) is 0. The maximum Gasteiger partial charge on any atom is 0.472 e. The number of alkyl halides is 6. The summed E-state index contributed by atoms with van der Waals surface area (Å²) < 4.78 is 22.3. The van der Waals surface area contributed by atoms with Gasteiger partial charge >= 0.3 is 7.82 Å². The highest BCUT2D eigenvalue weighted by Crippen LogP contribution is 2.47. The van der Waals surface area contributed by atoms with E-state index in [0.29, 0.717) is 32.0 Å². The molecule has 1 N–H and O–H groups in total. The molecule has 0 radical (unpaired) electrons. The molecule has 0 amide bonds. The van der Waals surface area contributed by atoms with E-state index in [1.165, 1.54) is 0 Å². The molecule has 0 spiro atoms. The van der Waals surface area contributed by atoms with E-state index in [2.05, 4.69) is 95.6 Å². The highest BCUT2D eigenvalue weighted by atomic mass is 79.9. The SMILES string of the molecule is O=P(O)(OCC(CBr)(CBr)CBr)OCC(CBr)(CBr)CBr. The van der Waals surface area contributed by atoms with Crippen LogP contribution >= 0.6 is 103 Å². The normalized spacial score (nSPS) is 13.7. The zero-order chi connectivity index (χ0) is 16.6. The molecule has 0 fully saturated rings. The topological polar surface area (TPSA) is 55.8 Å². The Kier molecular flexibility index (Phi) is 13.2. The third-order valence-corrected chi connectivity index (χ3v) is 10.8. The van der Waals surface area contributed by atoms with Gasteiger partial charge in [0.1, 0.15) is 0 Å². The van der Waals surface area contributed by atoms with Crippen molar-refractivity contribution in [1.29, 1.82) is 0 Å². The Morgan fingerprint density at radius 1 is 0.714 bits per heavy atom. The Hall–Kier alpha value is 2.99. The quantitative estimate of drug-likeness (QED) is 0.216. The molecule has 4 nitrogen and oxygen atoms in total. The standard InChI is InChI=1S/C10H17Br6O4P/c11-1-9(2-12,3-13)7-19-21(17,18)20-8-10(4-14,5-15)6-16/h1-8H2,(H,17,18). The molecule has 0 heterocycles. The molecule has 0 aliphatic heterocycles. The van der Waals surface area contributed by atoms with Crippen molar-refractivity contribution in [2.45, 2.75) is 0 Å². The van der Waals surface area contributed by atoms with E-state index in [4.69, 9.17) is 9.05 Å². The van der Waals surface area contributed by atoms with Crippen LogP contribution in [0, 0.1) is 10.8 Å². The lowest BCUT2D eigenvalue weighted by Gasteiger charge is -2.30. The monoisotopic (exact) mass is 706 g/mol. The highest BCUT2D eigenvalue weighted by Gasteiger charge is 2.35. The van der Waals surface area contributed by atoms with Crippen LogP contribution in [0.5, 0.6) is 0 Å². The van der Waals surface area contributed by atoms with Gasteiger partial charge in [-0.1, -0.05) is 95.6 Å². The van der Waals surface area contributed by atoms with Gasteiger partial charge in [-0.2, -0.15) is 0 Å². The largest absolute Gasteiger partial charge is 0.472 e. The van der Waals surface area contributed by atoms with Crippen molar-refractivity contribution in [2.24, 2.45) is 10.8 Å². The van der Waals surface area contributed by atoms with Crippen molar-refractivity contribution in [1.82, 2.24) is 0 Å². The van der Waals surface area contributed by atoms with Gasteiger partial charge < -0.3 is 4.89 Å². The lowest BCUT2D eigenvalue weighted by molar-refractivity contribution is 0.0958. The minimum atomic E-state index is -4.09. The molecule has 21 heavy (non-hydrogen) atoms. The van der Waals surface area contributed by atoms with Crippen LogP contribution in [0.3, 0.4) is 0 Å². The lowest BCUT2D eigenvalue weighted by Crippen LogP contribution is -2.34. The van der Waals surface area contributed by atoms with Crippen molar-refractivity contribution < 1.29 is 18.5 Å². The van der Waals surface area contributed by atoms with E-state index in [-0.39, 0.29) is 24.0 Å². The van der Waals surface area contributed by atoms with Crippen LogP contribution in [0.1, 0.15) is 0 Å². The fourth-order valence-electron chi connectivity index (χ4n) is 0.920. The average Bonchev–Trinajstić information content (AvgIpc) is 2.51. The summed E-state index contributed by atoms with van der Waals surface area (Å²) in [7, 11) is -4.09. The van der Waals surface area contributed by atoms with Gasteiger partial charge in [-0.25, -0.2) is 4.57 Å². The smallest absolute Gasteiger partial charge is 0.302 e. The van der Waals surface area contributed by atoms with E-state index in [1.54, 1.807) is 0 Å². The van der Waals surface area contributed by atoms with E-state index in [9.17, 15) is 9.46 Å². The van der Waals surface area contributed by atoms with Crippen LogP contribution < -0.4 is 0 Å². The molecule has 0 aliphatic carbocycles. The molecular weight excluding hydrogens is 695 g/mol. The molecule has 0 aromatic heterocycles. The van der Waals surface area contributed by atoms with E-state index in [1.807, 2.05) is 0 Å². The number of halogens is 6. The molecule has 128 valence electrons. The number of phosphoric acid groups is 1. The number of phosphoric ester groups is 1. The van der Waals surface area contributed by atoms with Crippen LogP contribution in [0.4, 0.5) is 0 Å². The van der Waals surface area contributed by atoms with Crippen LogP contribution in [-0.2, 0) is 13.6 Å². The Morgan fingerprint density at radius 3 is 1.14 bits per heavy atom. The third-order valence-electron chi connectivity index (χ3n) is 2.77. The Morgan fingerprint density at radius 2 is 0.952 bits per heavy atom. The molecule has 0 atom stereocenters. The average molecular weight is 712 g/mol. The second-order valence-corrected chi connectivity index (χ2v) is 9.64. The van der Waals surface area contributed by atoms with Gasteiger partial charge in [-0.05, 0) is 0 Å². The maximum absolute atomic E-state index is 12.0. The second-order valence-electron chi connectivity index (χ2n) is 4.82. The predicted molar refractivity (Wildman–Crippen MR) is 109 cm³/mol. The number of rotatable bonds is 12. The molecule has 0 aromatic carbocycles. The molecule has 0 aliphatic rings. The minimum Gasteiger partial charge on any atom is -0.302 e. The molecule has 0 bridgehead atoms. The van der Waals surface area contributed by atoms with Gasteiger partial charge in [0.05, 0.1) is 13.2 Å². The van der Waals surface area contributed by atoms with Crippen LogP contribution in [0.25, 0.3) is 0 Å². The van der Waals surface area contributed by atoms with Gasteiger partial charge in [-0.3, -0.25) is 9.05 Å². The Balaban J connectivity index is 4.60.